The zero-order valence-corrected chi connectivity index (χ0v) is 11.2. The maximum absolute atomic E-state index is 11.7. The van der Waals surface area contributed by atoms with E-state index in [9.17, 15) is 9.90 Å². The van der Waals surface area contributed by atoms with Gasteiger partial charge in [-0.3, -0.25) is 5.32 Å². The number of thiazole rings is 1. The van der Waals surface area contributed by atoms with Crippen LogP contribution in [0.1, 0.15) is 32.4 Å². The summed E-state index contributed by atoms with van der Waals surface area (Å²) in [5.74, 6) is 0. The Hall–Kier alpha value is -1.14. The fourth-order valence-electron chi connectivity index (χ4n) is 1.47. The lowest BCUT2D eigenvalue weighted by atomic mass is 9.94. The zero-order valence-electron chi connectivity index (χ0n) is 10.4. The predicted octanol–water partition coefficient (Wildman–Crippen LogP) is 2.12. The third-order valence-corrected chi connectivity index (χ3v) is 3.75. The van der Waals surface area contributed by atoms with E-state index in [2.05, 4.69) is 15.6 Å². The van der Waals surface area contributed by atoms with Crippen molar-refractivity contribution in [3.05, 3.63) is 11.1 Å². The number of rotatable bonds is 5. The first-order valence-corrected chi connectivity index (χ1v) is 6.55. The molecule has 0 spiro atoms. The first kappa shape index (κ1) is 13.9. The van der Waals surface area contributed by atoms with E-state index in [0.29, 0.717) is 18.0 Å². The Labute approximate surface area is 105 Å². The molecule has 0 bridgehead atoms. The van der Waals surface area contributed by atoms with Crippen molar-refractivity contribution in [2.75, 3.05) is 11.9 Å². The minimum absolute atomic E-state index is 0.0652. The molecule has 3 N–H and O–H groups in total. The molecule has 0 aliphatic rings. The van der Waals surface area contributed by atoms with E-state index >= 15 is 0 Å². The molecule has 0 aliphatic carbocycles. The van der Waals surface area contributed by atoms with Gasteiger partial charge in [-0.25, -0.2) is 9.78 Å². The average molecular weight is 257 g/mol. The van der Waals surface area contributed by atoms with Crippen LogP contribution >= 0.6 is 11.3 Å². The van der Waals surface area contributed by atoms with Crippen molar-refractivity contribution in [2.45, 2.75) is 39.2 Å². The summed E-state index contributed by atoms with van der Waals surface area (Å²) >= 11 is 1.38. The number of nitrogens with one attached hydrogen (secondary N) is 2. The zero-order chi connectivity index (χ0) is 12.9. The lowest BCUT2D eigenvalue weighted by Crippen LogP contribution is -2.51. The van der Waals surface area contributed by atoms with Gasteiger partial charge in [-0.05, 0) is 19.8 Å². The molecular formula is C11H19N3O2S. The molecule has 1 rings (SSSR count). The standard InChI is InChI=1S/C11H19N3O2S/c1-4-11(5-2,7-15)14-9(16)13-10-12-8(3)6-17-10/h6,15H,4-5,7H2,1-3H3,(H2,12,13,14,16). The number of carbonyl (C=O) groups excluding carboxylic acids is 1. The molecule has 6 heteroatoms. The van der Waals surface area contributed by atoms with Gasteiger partial charge in [0.25, 0.3) is 0 Å². The summed E-state index contributed by atoms with van der Waals surface area (Å²) in [6.07, 6.45) is 1.37. The number of aliphatic hydroxyl groups excluding tert-OH is 1. The van der Waals surface area contributed by atoms with Crippen molar-refractivity contribution in [3.8, 4) is 0 Å². The molecule has 0 saturated heterocycles. The Morgan fingerprint density at radius 1 is 1.53 bits per heavy atom. The summed E-state index contributed by atoms with van der Waals surface area (Å²) in [6.45, 7) is 5.68. The third kappa shape index (κ3) is 3.67. The maximum Gasteiger partial charge on any atom is 0.321 e. The highest BCUT2D eigenvalue weighted by Gasteiger charge is 2.27. The summed E-state index contributed by atoms with van der Waals surface area (Å²) in [5, 5.41) is 17.2. The van der Waals surface area contributed by atoms with E-state index in [1.165, 1.54) is 11.3 Å². The first-order valence-electron chi connectivity index (χ1n) is 5.67. The second-order valence-corrected chi connectivity index (χ2v) is 4.88. The summed E-state index contributed by atoms with van der Waals surface area (Å²) < 4.78 is 0. The molecule has 1 heterocycles. The minimum Gasteiger partial charge on any atom is -0.394 e. The SMILES string of the molecule is CCC(CC)(CO)NC(=O)Nc1nc(C)cs1. The number of nitrogens with zero attached hydrogens (tertiary/aromatic N) is 1. The van der Waals surface area contributed by atoms with Gasteiger partial charge < -0.3 is 10.4 Å². The van der Waals surface area contributed by atoms with Crippen LogP contribution in [0.4, 0.5) is 9.93 Å². The molecule has 5 nitrogen and oxygen atoms in total. The second-order valence-electron chi connectivity index (χ2n) is 4.02. The fourth-order valence-corrected chi connectivity index (χ4v) is 2.15. The summed E-state index contributed by atoms with van der Waals surface area (Å²) in [6, 6.07) is -0.322. The van der Waals surface area contributed by atoms with Crippen LogP contribution in [0.3, 0.4) is 0 Å². The Balaban J connectivity index is 2.59. The fraction of sp³-hybridized carbons (Fsp3) is 0.636. The average Bonchev–Trinajstić information content (AvgIpc) is 2.72. The molecule has 0 radical (unpaired) electrons. The van der Waals surface area contributed by atoms with E-state index in [0.717, 1.165) is 5.69 Å². The Morgan fingerprint density at radius 2 is 2.18 bits per heavy atom. The Bertz CT molecular complexity index is 366. The topological polar surface area (TPSA) is 74.2 Å². The molecule has 0 unspecified atom stereocenters. The predicted molar refractivity (Wildman–Crippen MR) is 69.4 cm³/mol. The lowest BCUT2D eigenvalue weighted by Gasteiger charge is -2.30. The van der Waals surface area contributed by atoms with Crippen LogP contribution in [0, 0.1) is 6.92 Å². The molecule has 1 aromatic heterocycles. The van der Waals surface area contributed by atoms with E-state index in [1.807, 2.05) is 26.2 Å². The van der Waals surface area contributed by atoms with E-state index in [4.69, 9.17) is 0 Å². The van der Waals surface area contributed by atoms with Gasteiger partial charge in [0.05, 0.1) is 17.8 Å². The number of hydrogen-bond donors (Lipinski definition) is 3. The van der Waals surface area contributed by atoms with Crippen molar-refractivity contribution in [3.63, 3.8) is 0 Å². The first-order chi connectivity index (χ1) is 8.05. The van der Waals surface area contributed by atoms with Gasteiger partial charge in [-0.15, -0.1) is 11.3 Å². The molecule has 17 heavy (non-hydrogen) atoms. The van der Waals surface area contributed by atoms with Gasteiger partial charge in [-0.2, -0.15) is 0 Å². The van der Waals surface area contributed by atoms with E-state index < -0.39 is 5.54 Å². The summed E-state index contributed by atoms with van der Waals surface area (Å²) in [4.78, 5) is 15.9. The molecule has 0 fully saturated rings. The van der Waals surface area contributed by atoms with Crippen molar-refractivity contribution in [2.24, 2.45) is 0 Å². The van der Waals surface area contributed by atoms with E-state index in [1.54, 1.807) is 0 Å². The van der Waals surface area contributed by atoms with Crippen LogP contribution < -0.4 is 10.6 Å². The minimum atomic E-state index is -0.545. The van der Waals surface area contributed by atoms with Gasteiger partial charge in [0.15, 0.2) is 5.13 Å². The highest BCUT2D eigenvalue weighted by atomic mass is 32.1. The van der Waals surface area contributed by atoms with Crippen molar-refractivity contribution in [1.82, 2.24) is 10.3 Å². The number of carbonyl (C=O) groups is 1. The van der Waals surface area contributed by atoms with Crippen molar-refractivity contribution < 1.29 is 9.90 Å². The molecule has 2 amide bonds. The Morgan fingerprint density at radius 3 is 2.59 bits per heavy atom. The second kappa shape index (κ2) is 5.97. The number of aromatic nitrogens is 1. The largest absolute Gasteiger partial charge is 0.394 e. The maximum atomic E-state index is 11.7. The molecule has 0 aromatic carbocycles. The van der Waals surface area contributed by atoms with Gasteiger partial charge in [0.1, 0.15) is 0 Å². The number of anilines is 1. The van der Waals surface area contributed by atoms with Crippen molar-refractivity contribution >= 4 is 22.5 Å². The molecule has 0 atom stereocenters. The molecule has 1 aromatic rings. The van der Waals surface area contributed by atoms with Gasteiger partial charge in [0.2, 0.25) is 0 Å². The number of hydrogen-bond acceptors (Lipinski definition) is 4. The van der Waals surface area contributed by atoms with Crippen molar-refractivity contribution in [1.29, 1.82) is 0 Å². The monoisotopic (exact) mass is 257 g/mol. The van der Waals surface area contributed by atoms with Gasteiger partial charge in [-0.1, -0.05) is 13.8 Å². The smallest absolute Gasteiger partial charge is 0.321 e. The summed E-state index contributed by atoms with van der Waals surface area (Å²) in [5.41, 5.74) is 0.334. The van der Waals surface area contributed by atoms with E-state index in [-0.39, 0.29) is 12.6 Å². The molecule has 0 aliphatic heterocycles. The highest BCUT2D eigenvalue weighted by molar-refractivity contribution is 7.13. The quantitative estimate of drug-likeness (QED) is 0.756. The summed E-state index contributed by atoms with van der Waals surface area (Å²) in [7, 11) is 0. The number of urea groups is 1. The number of aryl methyl sites for hydroxylation is 1. The molecule has 96 valence electrons. The number of aliphatic hydroxyl groups is 1. The van der Waals surface area contributed by atoms with Crippen LogP contribution in [0.5, 0.6) is 0 Å². The van der Waals surface area contributed by atoms with Crippen LogP contribution in [0.2, 0.25) is 0 Å². The van der Waals surface area contributed by atoms with Gasteiger partial charge in [0, 0.05) is 5.38 Å². The number of amides is 2. The lowest BCUT2D eigenvalue weighted by molar-refractivity contribution is 0.155. The third-order valence-electron chi connectivity index (χ3n) is 2.87. The van der Waals surface area contributed by atoms with Crippen LogP contribution in [0.15, 0.2) is 5.38 Å². The van der Waals surface area contributed by atoms with Crippen LogP contribution in [-0.4, -0.2) is 28.3 Å². The normalized spacial score (nSPS) is 11.3. The molecular weight excluding hydrogens is 238 g/mol. The van der Waals surface area contributed by atoms with Crippen LogP contribution in [-0.2, 0) is 0 Å². The van der Waals surface area contributed by atoms with Crippen LogP contribution in [0.25, 0.3) is 0 Å². The Kier molecular flexibility index (Phi) is 4.89. The van der Waals surface area contributed by atoms with Gasteiger partial charge >= 0.3 is 6.03 Å². The molecule has 0 saturated carbocycles. The highest BCUT2D eigenvalue weighted by Crippen LogP contribution is 2.17.